The van der Waals surface area contributed by atoms with Gasteiger partial charge in [-0.15, -0.1) is 4.33 Å². The fourth-order valence-corrected chi connectivity index (χ4v) is 10.6. The topological polar surface area (TPSA) is 232 Å². The average molecular weight is 989 g/mol. The number of carboxylic acid groups (broad SMARTS) is 1. The van der Waals surface area contributed by atoms with Gasteiger partial charge in [0.2, 0.25) is 5.69 Å². The molecule has 2 unspecified atom stereocenters. The van der Waals surface area contributed by atoms with E-state index in [0.717, 1.165) is 77.3 Å². The summed E-state index contributed by atoms with van der Waals surface area (Å²) in [5.41, 5.74) is 5.03. The summed E-state index contributed by atoms with van der Waals surface area (Å²) in [6, 6.07) is 20.4. The smallest absolute Gasteiger partial charge is 0.303 e. The van der Waals surface area contributed by atoms with Crippen LogP contribution in [-0.4, -0.2) is 70.6 Å². The largest absolute Gasteiger partial charge is 0.691 e. The predicted octanol–water partition coefficient (Wildman–Crippen LogP) is 8.99. The van der Waals surface area contributed by atoms with Crippen LogP contribution in [0.5, 0.6) is 0 Å². The van der Waals surface area contributed by atoms with Crippen molar-refractivity contribution in [1.29, 1.82) is 0 Å². The maximum atomic E-state index is 12.3. The molecule has 16 nitrogen and oxygen atoms in total. The highest BCUT2D eigenvalue weighted by Crippen LogP contribution is 2.52. The van der Waals surface area contributed by atoms with Gasteiger partial charge in [-0.2, -0.15) is 25.7 Å². The van der Waals surface area contributed by atoms with Crippen molar-refractivity contribution in [3.8, 4) is 0 Å². The Balaban J connectivity index is 1.49. The molecule has 0 aromatic heterocycles. The van der Waals surface area contributed by atoms with Crippen molar-refractivity contribution < 1.29 is 69.7 Å². The molecule has 3 aromatic rings. The molecule has 2 atom stereocenters. The van der Waals surface area contributed by atoms with Crippen LogP contribution in [-0.2, 0) is 61.1 Å². The van der Waals surface area contributed by atoms with E-state index in [1.807, 2.05) is 79.8 Å². The summed E-state index contributed by atoms with van der Waals surface area (Å²) in [6.07, 6.45) is 18.5. The Bertz CT molecular complexity index is 2510. The number of rotatable bonds is 28. The van der Waals surface area contributed by atoms with Gasteiger partial charge in [-0.1, -0.05) is 85.0 Å². The summed E-state index contributed by atoms with van der Waals surface area (Å²) in [6.45, 7) is 5.19. The number of hydrogen-bond donors (Lipinski definition) is 4. The molecule has 0 amide bonds. The highest BCUT2D eigenvalue weighted by molar-refractivity contribution is 7.94. The summed E-state index contributed by atoms with van der Waals surface area (Å²) in [7, 11) is -8.76. The maximum absolute atomic E-state index is 12.3. The van der Waals surface area contributed by atoms with Crippen molar-refractivity contribution in [2.45, 2.75) is 105 Å². The first-order valence-electron chi connectivity index (χ1n) is 21.4. The van der Waals surface area contributed by atoms with Crippen molar-refractivity contribution >= 4 is 67.4 Å². The second-order valence-electron chi connectivity index (χ2n) is 16.4. The molecule has 5 rings (SSSR count). The lowest BCUT2D eigenvalue weighted by molar-refractivity contribution is -0.777. The molecule has 0 bridgehead atoms. The summed E-state index contributed by atoms with van der Waals surface area (Å²) >= 11 is 1.84. The van der Waals surface area contributed by atoms with Crippen LogP contribution in [0.2, 0.25) is 0 Å². The van der Waals surface area contributed by atoms with E-state index in [2.05, 4.69) is 53.4 Å². The number of benzene rings is 3. The third-order valence-corrected chi connectivity index (χ3v) is 14.7. The molecule has 2 aliphatic rings. The first-order chi connectivity index (χ1) is 31.5. The molecule has 2 heterocycles. The first kappa shape index (κ1) is 52.8. The number of fused-ring (bicyclic) bond motifs is 2. The van der Waals surface area contributed by atoms with Gasteiger partial charge in [-0.3, -0.25) is 18.9 Å². The number of allylic oxidation sites excluding steroid dienone is 8. The number of carbonyl (C=O) groups is 1. The van der Waals surface area contributed by atoms with Gasteiger partial charge in [0.25, 0.3) is 20.2 Å². The van der Waals surface area contributed by atoms with Crippen LogP contribution in [0.4, 0.5) is 11.4 Å². The highest BCUT2D eigenvalue weighted by Gasteiger charge is 2.48. The first-order valence-corrected chi connectivity index (χ1v) is 26.1. The quantitative estimate of drug-likeness (QED) is 0.0101. The minimum atomic E-state index is -4.56. The van der Waals surface area contributed by atoms with Gasteiger partial charge in [0.1, 0.15) is 0 Å². The molecule has 0 spiro atoms. The fraction of sp³-hybridized carbons (Fsp3) is 0.391. The second kappa shape index (κ2) is 24.7. The molecule has 0 saturated carbocycles. The van der Waals surface area contributed by atoms with Crippen molar-refractivity contribution in [2.24, 2.45) is 0 Å². The highest BCUT2D eigenvalue weighted by atomic mass is 32.2. The second-order valence-corrected chi connectivity index (χ2v) is 20.9. The third-order valence-electron chi connectivity index (χ3n) is 11.8. The number of carboxylic acids is 1. The van der Waals surface area contributed by atoms with E-state index in [1.54, 1.807) is 6.07 Å². The van der Waals surface area contributed by atoms with Crippen LogP contribution in [0.15, 0.2) is 125 Å². The number of anilines is 1. The minimum absolute atomic E-state index is 0.0365. The van der Waals surface area contributed by atoms with Gasteiger partial charge >= 0.3 is 5.97 Å². The third kappa shape index (κ3) is 14.4. The van der Waals surface area contributed by atoms with E-state index in [-0.39, 0.29) is 17.7 Å². The van der Waals surface area contributed by atoms with Crippen LogP contribution in [0.1, 0.15) is 94.7 Å². The predicted molar refractivity (Wildman–Crippen MR) is 251 cm³/mol. The summed E-state index contributed by atoms with van der Waals surface area (Å²) < 4.78 is 78.7. The molecule has 3 aromatic carbocycles. The summed E-state index contributed by atoms with van der Waals surface area (Å²) in [5.74, 6) is -0.715. The van der Waals surface area contributed by atoms with Gasteiger partial charge in [0.15, 0.2) is 12.3 Å². The van der Waals surface area contributed by atoms with E-state index >= 15 is 0 Å². The minimum Gasteiger partial charge on any atom is -0.691 e. The molecule has 20 heteroatoms. The van der Waals surface area contributed by atoms with E-state index in [1.165, 1.54) is 12.1 Å². The molecular formula is C46H56N2O14S4. The normalized spacial score (nSPS) is 19.3. The Kier molecular flexibility index (Phi) is 19.8. The standard InChI is InChI=1S/C46H56N2O14S4/c1-45(27-13-16-30-63-61-59-51)38-32-36(64-62-60-52)23-25-41(38)48(34-35-18-8-6-9-19-35)43(45)21-11-5-3-4-10-20-42-46(2,28-14-17-31-65(53,54)55)39-33-37(66(56,57)58)24-26-40(39)47(42)29-15-7-12-22-44(49)50/h3-6,8-11,18-21,23-26,32-33H,7,12-17,22,27-31,34H2,1-2H3,(H4-,49,50,51,52,53,54,55,56,57,58). The van der Waals surface area contributed by atoms with Crippen molar-refractivity contribution in [2.75, 3.05) is 23.0 Å². The summed E-state index contributed by atoms with van der Waals surface area (Å²) in [5, 5.41) is 35.8. The van der Waals surface area contributed by atoms with Crippen LogP contribution in [0.3, 0.4) is 0 Å². The maximum Gasteiger partial charge on any atom is 0.303 e. The van der Waals surface area contributed by atoms with Crippen LogP contribution < -0.4 is 10.2 Å². The van der Waals surface area contributed by atoms with Crippen molar-refractivity contribution in [3.05, 3.63) is 132 Å². The lowest BCUT2D eigenvalue weighted by Crippen LogP contribution is -2.31. The van der Waals surface area contributed by atoms with Gasteiger partial charge in [0.05, 0.1) is 28.1 Å². The Labute approximate surface area is 394 Å². The van der Waals surface area contributed by atoms with Gasteiger partial charge in [0, 0.05) is 75.7 Å². The zero-order valence-electron chi connectivity index (χ0n) is 36.7. The lowest BCUT2D eigenvalue weighted by atomic mass is 9.75. The van der Waals surface area contributed by atoms with E-state index in [9.17, 15) is 36.0 Å². The van der Waals surface area contributed by atoms with Crippen LogP contribution in [0.25, 0.3) is 0 Å². The molecular weight excluding hydrogens is 933 g/mol. The zero-order valence-corrected chi connectivity index (χ0v) is 40.0. The zero-order chi connectivity index (χ0) is 47.8. The van der Waals surface area contributed by atoms with Crippen LogP contribution in [0, 0.1) is 0 Å². The monoisotopic (exact) mass is 988 g/mol. The Morgan fingerprint density at radius 2 is 1.55 bits per heavy atom. The van der Waals surface area contributed by atoms with E-state index < -0.39 is 42.8 Å². The van der Waals surface area contributed by atoms with Gasteiger partial charge < -0.3 is 15.3 Å². The van der Waals surface area contributed by atoms with E-state index in [0.29, 0.717) is 61.4 Å². The Morgan fingerprint density at radius 1 is 0.818 bits per heavy atom. The SMILES string of the molecule is CC1(CCCCSOOO)C(/C=C/C=C/C=C/C=C2/N(CCCCCC(=O)O)c3ccc(S(=O)(=O)O)cc3C2(C)CCCCS(=O)(=O)O)=[N+](Cc2ccccc2)c2ccc(SOO[O-])cc21. The average Bonchev–Trinajstić information content (AvgIpc) is 3.64. The lowest BCUT2D eigenvalue weighted by Gasteiger charge is -2.30. The molecule has 0 saturated heterocycles. The number of unbranched alkanes of at least 4 members (excludes halogenated alkanes) is 4. The molecule has 66 heavy (non-hydrogen) atoms. The van der Waals surface area contributed by atoms with Crippen LogP contribution >= 0.6 is 24.1 Å². The van der Waals surface area contributed by atoms with Gasteiger partial charge in [-0.25, -0.2) is 5.26 Å². The molecule has 2 aliphatic heterocycles. The van der Waals surface area contributed by atoms with Crippen molar-refractivity contribution in [1.82, 2.24) is 0 Å². The Morgan fingerprint density at radius 3 is 2.26 bits per heavy atom. The van der Waals surface area contributed by atoms with Gasteiger partial charge in [-0.05, 0) is 94.3 Å². The summed E-state index contributed by atoms with van der Waals surface area (Å²) in [4.78, 5) is 13.7. The number of hydrogen-bond acceptors (Lipinski definition) is 14. The molecule has 358 valence electrons. The van der Waals surface area contributed by atoms with E-state index in [4.69, 9.17) is 10.4 Å². The molecule has 0 aliphatic carbocycles. The molecule has 4 N–H and O–H groups in total. The fourth-order valence-electron chi connectivity index (χ4n) is 8.70. The molecule has 0 radical (unpaired) electrons. The molecule has 0 fully saturated rings. The Hall–Kier alpha value is -4.16. The van der Waals surface area contributed by atoms with Crippen molar-refractivity contribution in [3.63, 3.8) is 0 Å². The number of aliphatic carboxylic acids is 1. The number of nitrogens with zero attached hydrogens (tertiary/aromatic N) is 2.